The topological polar surface area (TPSA) is 43.4 Å². The molecule has 1 aliphatic rings. The van der Waals surface area contributed by atoms with Crippen LogP contribution in [0.15, 0.2) is 0 Å². The summed E-state index contributed by atoms with van der Waals surface area (Å²) in [6.07, 6.45) is 5.54. The van der Waals surface area contributed by atoms with Crippen LogP contribution in [0.25, 0.3) is 0 Å². The summed E-state index contributed by atoms with van der Waals surface area (Å²) in [6, 6.07) is 0. The van der Waals surface area contributed by atoms with E-state index in [9.17, 15) is 8.42 Å². The highest BCUT2D eigenvalue weighted by Crippen LogP contribution is 2.32. The van der Waals surface area contributed by atoms with Gasteiger partial charge in [0.05, 0.1) is 0 Å². The van der Waals surface area contributed by atoms with Crippen LogP contribution in [0.4, 0.5) is 0 Å². The summed E-state index contributed by atoms with van der Waals surface area (Å²) < 4.78 is 26.4. The van der Waals surface area contributed by atoms with Gasteiger partial charge in [0.1, 0.15) is 11.4 Å². The van der Waals surface area contributed by atoms with Crippen molar-refractivity contribution in [1.82, 2.24) is 0 Å². The van der Waals surface area contributed by atoms with E-state index in [2.05, 4.69) is 6.92 Å². The molecule has 0 aromatic heterocycles. The average molecular weight is 206 g/mol. The summed E-state index contributed by atoms with van der Waals surface area (Å²) in [5.41, 5.74) is -0.382. The van der Waals surface area contributed by atoms with E-state index >= 15 is 0 Å². The fourth-order valence-corrected chi connectivity index (χ4v) is 3.29. The Hall–Kier alpha value is -0.0900. The van der Waals surface area contributed by atoms with Crippen molar-refractivity contribution in [2.45, 2.75) is 51.6 Å². The zero-order valence-electron chi connectivity index (χ0n) is 8.38. The molecule has 0 radical (unpaired) electrons. The Morgan fingerprint density at radius 1 is 1.31 bits per heavy atom. The van der Waals surface area contributed by atoms with Crippen molar-refractivity contribution in [2.75, 3.05) is 5.75 Å². The molecule has 4 heteroatoms. The Kier molecular flexibility index (Phi) is 3.35. The van der Waals surface area contributed by atoms with E-state index in [1.807, 2.05) is 6.92 Å². The van der Waals surface area contributed by atoms with Crippen LogP contribution in [-0.4, -0.2) is 19.8 Å². The van der Waals surface area contributed by atoms with E-state index < -0.39 is 10.1 Å². The molecule has 3 nitrogen and oxygen atoms in total. The number of hydrogen-bond donors (Lipinski definition) is 0. The Morgan fingerprint density at radius 2 is 1.92 bits per heavy atom. The van der Waals surface area contributed by atoms with Gasteiger partial charge in [-0.2, -0.15) is 8.42 Å². The molecule has 1 rings (SSSR count). The Labute approximate surface area is 80.6 Å². The zero-order chi connectivity index (χ0) is 9.95. The van der Waals surface area contributed by atoms with Crippen LogP contribution in [0, 0.1) is 0 Å². The maximum absolute atomic E-state index is 10.8. The molecule has 0 N–H and O–H groups in total. The molecule has 0 amide bonds. The van der Waals surface area contributed by atoms with Crippen LogP contribution in [0.3, 0.4) is 0 Å². The van der Waals surface area contributed by atoms with Gasteiger partial charge in [0.2, 0.25) is 0 Å². The van der Waals surface area contributed by atoms with Gasteiger partial charge in [-0.25, -0.2) is 0 Å². The average Bonchev–Trinajstić information content (AvgIpc) is 1.94. The minimum atomic E-state index is -3.13. The van der Waals surface area contributed by atoms with Gasteiger partial charge >= 0.3 is 0 Å². The van der Waals surface area contributed by atoms with Crippen LogP contribution in [0.2, 0.25) is 0 Å². The third kappa shape index (κ3) is 3.27. The standard InChI is InChI=1S/C9H18O3S/c1-3-4-5-6-7-9(2)8-13(10,11)12-9/h3-8H2,1-2H3. The molecule has 1 heterocycles. The second-order valence-electron chi connectivity index (χ2n) is 4.05. The molecule has 1 unspecified atom stereocenters. The van der Waals surface area contributed by atoms with Gasteiger partial charge in [0.25, 0.3) is 10.1 Å². The maximum Gasteiger partial charge on any atom is 0.270 e. The first-order chi connectivity index (χ1) is 5.97. The maximum atomic E-state index is 10.8. The second kappa shape index (κ2) is 3.96. The lowest BCUT2D eigenvalue weighted by Gasteiger charge is -2.37. The monoisotopic (exact) mass is 206 g/mol. The summed E-state index contributed by atoms with van der Waals surface area (Å²) >= 11 is 0. The fourth-order valence-electron chi connectivity index (χ4n) is 1.71. The molecule has 1 fully saturated rings. The van der Waals surface area contributed by atoms with Gasteiger partial charge in [-0.05, 0) is 13.3 Å². The fraction of sp³-hybridized carbons (Fsp3) is 1.00. The minimum absolute atomic E-state index is 0.201. The molecule has 0 spiro atoms. The molecule has 0 saturated carbocycles. The molecule has 0 aromatic rings. The SMILES string of the molecule is CCCCCCC1(C)CS(=O)(=O)O1. The van der Waals surface area contributed by atoms with Crippen molar-refractivity contribution in [3.63, 3.8) is 0 Å². The summed E-state index contributed by atoms with van der Waals surface area (Å²) in [5.74, 6) is 0.201. The summed E-state index contributed by atoms with van der Waals surface area (Å²) in [4.78, 5) is 0. The van der Waals surface area contributed by atoms with E-state index in [0.29, 0.717) is 0 Å². The van der Waals surface area contributed by atoms with E-state index in [1.165, 1.54) is 19.3 Å². The van der Waals surface area contributed by atoms with Crippen molar-refractivity contribution in [1.29, 1.82) is 0 Å². The second-order valence-corrected chi connectivity index (χ2v) is 5.62. The zero-order valence-corrected chi connectivity index (χ0v) is 9.19. The largest absolute Gasteiger partial charge is 0.270 e. The molecule has 1 atom stereocenters. The third-order valence-electron chi connectivity index (χ3n) is 2.37. The molecule has 0 aliphatic carbocycles. The minimum Gasteiger partial charge on any atom is -0.262 e. The molecule has 0 bridgehead atoms. The predicted octanol–water partition coefficient (Wildman–Crippen LogP) is 2.08. The first-order valence-electron chi connectivity index (χ1n) is 4.91. The quantitative estimate of drug-likeness (QED) is 0.511. The smallest absolute Gasteiger partial charge is 0.262 e. The van der Waals surface area contributed by atoms with Gasteiger partial charge in [-0.15, -0.1) is 0 Å². The number of hydrogen-bond acceptors (Lipinski definition) is 3. The van der Waals surface area contributed by atoms with Gasteiger partial charge in [-0.1, -0.05) is 32.6 Å². The molecule has 13 heavy (non-hydrogen) atoms. The molecule has 1 aliphatic heterocycles. The lowest BCUT2D eigenvalue weighted by Crippen LogP contribution is -2.50. The van der Waals surface area contributed by atoms with Gasteiger partial charge in [-0.3, -0.25) is 4.18 Å². The summed E-state index contributed by atoms with van der Waals surface area (Å²) in [7, 11) is -3.13. The van der Waals surface area contributed by atoms with Crippen molar-refractivity contribution >= 4 is 10.1 Å². The molecular formula is C9H18O3S. The van der Waals surface area contributed by atoms with E-state index in [4.69, 9.17) is 4.18 Å². The Morgan fingerprint density at radius 3 is 2.38 bits per heavy atom. The third-order valence-corrected chi connectivity index (χ3v) is 3.99. The normalized spacial score (nSPS) is 31.2. The lowest BCUT2D eigenvalue weighted by atomic mass is 10.00. The summed E-state index contributed by atoms with van der Waals surface area (Å²) in [6.45, 7) is 4.03. The van der Waals surface area contributed by atoms with Crippen molar-refractivity contribution < 1.29 is 12.6 Å². The Balaban J connectivity index is 2.16. The van der Waals surface area contributed by atoms with Gasteiger partial charge < -0.3 is 0 Å². The van der Waals surface area contributed by atoms with E-state index in [0.717, 1.165) is 12.8 Å². The number of unbranched alkanes of at least 4 members (excludes halogenated alkanes) is 3. The van der Waals surface area contributed by atoms with Gasteiger partial charge in [0, 0.05) is 0 Å². The van der Waals surface area contributed by atoms with Crippen molar-refractivity contribution in [3.8, 4) is 0 Å². The van der Waals surface area contributed by atoms with E-state index in [-0.39, 0.29) is 11.4 Å². The first kappa shape index (κ1) is 11.0. The summed E-state index contributed by atoms with van der Waals surface area (Å²) in [5, 5.41) is 0. The van der Waals surface area contributed by atoms with Crippen LogP contribution < -0.4 is 0 Å². The first-order valence-corrected chi connectivity index (χ1v) is 6.48. The predicted molar refractivity (Wildman–Crippen MR) is 52.0 cm³/mol. The van der Waals surface area contributed by atoms with Crippen LogP contribution in [0.1, 0.15) is 46.0 Å². The molecule has 1 saturated heterocycles. The van der Waals surface area contributed by atoms with E-state index in [1.54, 1.807) is 0 Å². The highest BCUT2D eigenvalue weighted by atomic mass is 32.2. The Bertz CT molecular complexity index is 244. The van der Waals surface area contributed by atoms with Crippen LogP contribution in [0.5, 0.6) is 0 Å². The van der Waals surface area contributed by atoms with Gasteiger partial charge in [0.15, 0.2) is 0 Å². The van der Waals surface area contributed by atoms with Crippen molar-refractivity contribution in [2.24, 2.45) is 0 Å². The van der Waals surface area contributed by atoms with Crippen molar-refractivity contribution in [3.05, 3.63) is 0 Å². The molecule has 78 valence electrons. The molecule has 0 aromatic carbocycles. The van der Waals surface area contributed by atoms with Crippen LogP contribution >= 0.6 is 0 Å². The number of rotatable bonds is 5. The molecular weight excluding hydrogens is 188 g/mol. The lowest BCUT2D eigenvalue weighted by molar-refractivity contribution is 0.0611. The highest BCUT2D eigenvalue weighted by molar-refractivity contribution is 7.88. The van der Waals surface area contributed by atoms with Crippen LogP contribution in [-0.2, 0) is 14.3 Å². The highest BCUT2D eigenvalue weighted by Gasteiger charge is 2.45.